The van der Waals surface area contributed by atoms with Crippen LogP contribution in [0.25, 0.3) is 0 Å². The highest BCUT2D eigenvalue weighted by Gasteiger charge is 2.52. The molecule has 4 aliphatic carbocycles. The molecule has 18 heavy (non-hydrogen) atoms. The summed E-state index contributed by atoms with van der Waals surface area (Å²) < 4.78 is 0. The normalized spacial score (nSPS) is 42.4. The first-order valence-corrected chi connectivity index (χ1v) is 7.85. The third kappa shape index (κ3) is 2.21. The number of hydrogen-bond donors (Lipinski definition) is 1. The second kappa shape index (κ2) is 4.89. The predicted octanol–water partition coefficient (Wildman–Crippen LogP) is 3.59. The van der Waals surface area contributed by atoms with Gasteiger partial charge in [0.2, 0.25) is 0 Å². The standard InChI is InChI=1S/C17H27N/c1-3-4-5-6-18-13(2)17-10-14-7-15(11-17)9-16(8-14)12-17/h13-16,18H,5-12H2,1-2H3. The topological polar surface area (TPSA) is 12.0 Å². The van der Waals surface area contributed by atoms with Gasteiger partial charge in [-0.2, -0.15) is 0 Å². The number of nitrogens with one attached hydrogen (secondary N) is 1. The van der Waals surface area contributed by atoms with Gasteiger partial charge >= 0.3 is 0 Å². The maximum absolute atomic E-state index is 3.77. The second-order valence-electron chi connectivity index (χ2n) is 7.13. The van der Waals surface area contributed by atoms with Crippen LogP contribution < -0.4 is 5.32 Å². The van der Waals surface area contributed by atoms with E-state index in [1.807, 2.05) is 6.92 Å². The highest BCUT2D eigenvalue weighted by Crippen LogP contribution is 2.61. The maximum atomic E-state index is 3.77. The molecule has 4 saturated carbocycles. The van der Waals surface area contributed by atoms with Crippen LogP contribution in [0.2, 0.25) is 0 Å². The summed E-state index contributed by atoms with van der Waals surface area (Å²) in [5.41, 5.74) is 0.647. The van der Waals surface area contributed by atoms with Crippen LogP contribution in [0.5, 0.6) is 0 Å². The Kier molecular flexibility index (Phi) is 3.41. The van der Waals surface area contributed by atoms with E-state index in [2.05, 4.69) is 24.1 Å². The van der Waals surface area contributed by atoms with Crippen LogP contribution in [0.1, 0.15) is 58.8 Å². The molecule has 0 aromatic heterocycles. The molecule has 4 aliphatic rings. The first-order valence-electron chi connectivity index (χ1n) is 7.85. The smallest absolute Gasteiger partial charge is 0.0214 e. The van der Waals surface area contributed by atoms with Gasteiger partial charge in [0.15, 0.2) is 0 Å². The maximum Gasteiger partial charge on any atom is 0.0214 e. The highest BCUT2D eigenvalue weighted by atomic mass is 14.9. The quantitative estimate of drug-likeness (QED) is 0.589. The molecule has 4 fully saturated rings. The van der Waals surface area contributed by atoms with Crippen molar-refractivity contribution in [3.8, 4) is 11.8 Å². The Morgan fingerprint density at radius 1 is 1.11 bits per heavy atom. The summed E-state index contributed by atoms with van der Waals surface area (Å²) in [7, 11) is 0. The van der Waals surface area contributed by atoms with Gasteiger partial charge in [0.25, 0.3) is 0 Å². The molecule has 1 nitrogen and oxygen atoms in total. The van der Waals surface area contributed by atoms with Crippen molar-refractivity contribution in [1.82, 2.24) is 5.32 Å². The zero-order valence-electron chi connectivity index (χ0n) is 12.0. The molecule has 4 bridgehead atoms. The van der Waals surface area contributed by atoms with Crippen molar-refractivity contribution in [3.63, 3.8) is 0 Å². The Morgan fingerprint density at radius 2 is 1.67 bits per heavy atom. The van der Waals surface area contributed by atoms with Crippen LogP contribution >= 0.6 is 0 Å². The molecule has 1 heteroatoms. The van der Waals surface area contributed by atoms with Crippen LogP contribution in [0, 0.1) is 35.0 Å². The molecular formula is C17H27N. The van der Waals surface area contributed by atoms with E-state index in [1.54, 1.807) is 19.3 Å². The summed E-state index contributed by atoms with van der Waals surface area (Å²) in [5, 5.41) is 3.77. The van der Waals surface area contributed by atoms with Crippen molar-refractivity contribution in [3.05, 3.63) is 0 Å². The average Bonchev–Trinajstić information content (AvgIpc) is 2.32. The predicted molar refractivity (Wildman–Crippen MR) is 76.1 cm³/mol. The van der Waals surface area contributed by atoms with E-state index in [-0.39, 0.29) is 0 Å². The minimum Gasteiger partial charge on any atom is -0.313 e. The van der Waals surface area contributed by atoms with Crippen molar-refractivity contribution in [2.45, 2.75) is 64.8 Å². The fourth-order valence-corrected chi connectivity index (χ4v) is 5.40. The molecule has 0 heterocycles. The average molecular weight is 245 g/mol. The Hall–Kier alpha value is -0.480. The van der Waals surface area contributed by atoms with Crippen molar-refractivity contribution in [2.24, 2.45) is 23.2 Å². The van der Waals surface area contributed by atoms with E-state index >= 15 is 0 Å². The molecule has 1 atom stereocenters. The molecule has 4 rings (SSSR count). The van der Waals surface area contributed by atoms with Gasteiger partial charge in [0.05, 0.1) is 0 Å². The van der Waals surface area contributed by atoms with E-state index < -0.39 is 0 Å². The molecule has 1 unspecified atom stereocenters. The molecule has 0 saturated heterocycles. The van der Waals surface area contributed by atoms with Gasteiger partial charge in [-0.15, -0.1) is 11.8 Å². The Labute approximate surface area is 112 Å². The molecule has 0 amide bonds. The SMILES string of the molecule is CC#CCCNC(C)C12CC3CC(CC(C3)C1)C2. The van der Waals surface area contributed by atoms with Crippen LogP contribution in [-0.2, 0) is 0 Å². The molecular weight excluding hydrogens is 218 g/mol. The van der Waals surface area contributed by atoms with Gasteiger partial charge in [0, 0.05) is 19.0 Å². The Morgan fingerprint density at radius 3 is 2.17 bits per heavy atom. The molecule has 0 aliphatic heterocycles. The minimum absolute atomic E-state index is 0.647. The summed E-state index contributed by atoms with van der Waals surface area (Å²) in [6, 6.07) is 0.699. The third-order valence-electron chi connectivity index (χ3n) is 5.88. The lowest BCUT2D eigenvalue weighted by Crippen LogP contribution is -2.54. The molecule has 100 valence electrons. The highest BCUT2D eigenvalue weighted by molar-refractivity contribution is 5.05. The summed E-state index contributed by atoms with van der Waals surface area (Å²) in [6.07, 6.45) is 10.2. The first kappa shape index (κ1) is 12.5. The van der Waals surface area contributed by atoms with Gasteiger partial charge in [-0.05, 0) is 75.5 Å². The lowest BCUT2D eigenvalue weighted by Gasteiger charge is -2.59. The Bertz CT molecular complexity index is 324. The Balaban J connectivity index is 1.61. The second-order valence-corrected chi connectivity index (χ2v) is 7.13. The van der Waals surface area contributed by atoms with Gasteiger partial charge in [-0.25, -0.2) is 0 Å². The van der Waals surface area contributed by atoms with Gasteiger partial charge in [-0.1, -0.05) is 0 Å². The molecule has 0 aromatic rings. The molecule has 0 radical (unpaired) electrons. The van der Waals surface area contributed by atoms with E-state index in [0.717, 1.165) is 30.7 Å². The first-order chi connectivity index (χ1) is 8.72. The lowest BCUT2D eigenvalue weighted by atomic mass is 9.48. The van der Waals surface area contributed by atoms with Crippen LogP contribution in [0.4, 0.5) is 0 Å². The van der Waals surface area contributed by atoms with Crippen molar-refractivity contribution < 1.29 is 0 Å². The fourth-order valence-electron chi connectivity index (χ4n) is 5.40. The fraction of sp³-hybridized carbons (Fsp3) is 0.882. The van der Waals surface area contributed by atoms with Crippen molar-refractivity contribution >= 4 is 0 Å². The zero-order chi connectivity index (χ0) is 12.6. The summed E-state index contributed by atoms with van der Waals surface area (Å²) in [5.74, 6) is 9.35. The summed E-state index contributed by atoms with van der Waals surface area (Å²) >= 11 is 0. The lowest BCUT2D eigenvalue weighted by molar-refractivity contribution is -0.0701. The van der Waals surface area contributed by atoms with Crippen molar-refractivity contribution in [2.75, 3.05) is 6.54 Å². The van der Waals surface area contributed by atoms with Gasteiger partial charge < -0.3 is 5.32 Å². The minimum atomic E-state index is 0.647. The number of hydrogen-bond acceptors (Lipinski definition) is 1. The summed E-state index contributed by atoms with van der Waals surface area (Å²) in [4.78, 5) is 0. The molecule has 0 aromatic carbocycles. The van der Waals surface area contributed by atoms with E-state index in [0.29, 0.717) is 11.5 Å². The number of rotatable bonds is 4. The van der Waals surface area contributed by atoms with Gasteiger partial charge in [-0.3, -0.25) is 0 Å². The van der Waals surface area contributed by atoms with Crippen LogP contribution in [-0.4, -0.2) is 12.6 Å². The van der Waals surface area contributed by atoms with Crippen LogP contribution in [0.15, 0.2) is 0 Å². The van der Waals surface area contributed by atoms with E-state index in [4.69, 9.17) is 0 Å². The van der Waals surface area contributed by atoms with Crippen molar-refractivity contribution in [1.29, 1.82) is 0 Å². The molecule has 1 N–H and O–H groups in total. The largest absolute Gasteiger partial charge is 0.313 e. The van der Waals surface area contributed by atoms with Crippen LogP contribution in [0.3, 0.4) is 0 Å². The molecule has 0 spiro atoms. The third-order valence-corrected chi connectivity index (χ3v) is 5.88. The van der Waals surface area contributed by atoms with E-state index in [1.165, 1.54) is 19.3 Å². The zero-order valence-corrected chi connectivity index (χ0v) is 12.0. The summed E-state index contributed by atoms with van der Waals surface area (Å²) in [6.45, 7) is 5.44. The monoisotopic (exact) mass is 245 g/mol. The van der Waals surface area contributed by atoms with Gasteiger partial charge in [0.1, 0.15) is 0 Å². The van der Waals surface area contributed by atoms with E-state index in [9.17, 15) is 0 Å².